The van der Waals surface area contributed by atoms with Crippen LogP contribution in [0.5, 0.6) is 0 Å². The molecule has 6 heteroatoms. The Kier molecular flexibility index (Phi) is 7.74. The summed E-state index contributed by atoms with van der Waals surface area (Å²) in [6.07, 6.45) is -3.67. The Morgan fingerprint density at radius 1 is 1.18 bits per heavy atom. The minimum Gasteiger partial charge on any atom is -0.394 e. The molecule has 2 N–H and O–H groups in total. The van der Waals surface area contributed by atoms with Crippen LogP contribution in [0.1, 0.15) is 33.1 Å². The average Bonchev–Trinajstić information content (AvgIpc) is 2.24. The van der Waals surface area contributed by atoms with E-state index in [4.69, 9.17) is 4.74 Å². The number of aliphatic hydroxyl groups excluding tert-OH is 1. The summed E-state index contributed by atoms with van der Waals surface area (Å²) in [5, 5.41) is 12.4. The lowest BCUT2D eigenvalue weighted by molar-refractivity contribution is -0.145. The topological polar surface area (TPSA) is 41.5 Å². The highest BCUT2D eigenvalue weighted by molar-refractivity contribution is 4.81. The monoisotopic (exact) mass is 257 g/mol. The summed E-state index contributed by atoms with van der Waals surface area (Å²) in [4.78, 5) is 0. The van der Waals surface area contributed by atoms with E-state index >= 15 is 0 Å². The van der Waals surface area contributed by atoms with Gasteiger partial charge >= 0.3 is 6.18 Å². The molecular formula is C11H22F3NO2. The Balaban J connectivity index is 3.69. The lowest BCUT2D eigenvalue weighted by atomic mass is 9.99. The van der Waals surface area contributed by atoms with Crippen LogP contribution < -0.4 is 5.32 Å². The quantitative estimate of drug-likeness (QED) is 0.621. The van der Waals surface area contributed by atoms with Crippen LogP contribution in [0.15, 0.2) is 0 Å². The van der Waals surface area contributed by atoms with Gasteiger partial charge in [-0.25, -0.2) is 0 Å². The number of ether oxygens (including phenoxy) is 1. The van der Waals surface area contributed by atoms with E-state index < -0.39 is 18.1 Å². The molecule has 0 aromatic heterocycles. The molecule has 0 bridgehead atoms. The molecule has 0 rings (SSSR count). The summed E-state index contributed by atoms with van der Waals surface area (Å²) in [7, 11) is 0. The van der Waals surface area contributed by atoms with Crippen molar-refractivity contribution in [2.45, 2.75) is 44.8 Å². The molecule has 17 heavy (non-hydrogen) atoms. The van der Waals surface area contributed by atoms with Crippen LogP contribution in [-0.2, 0) is 4.74 Å². The molecule has 0 spiro atoms. The van der Waals surface area contributed by atoms with Gasteiger partial charge in [-0.2, -0.15) is 13.2 Å². The molecule has 0 heterocycles. The van der Waals surface area contributed by atoms with E-state index in [0.29, 0.717) is 6.42 Å². The van der Waals surface area contributed by atoms with E-state index in [2.05, 4.69) is 5.32 Å². The highest BCUT2D eigenvalue weighted by Crippen LogP contribution is 2.19. The molecular weight excluding hydrogens is 235 g/mol. The highest BCUT2D eigenvalue weighted by Gasteiger charge is 2.27. The van der Waals surface area contributed by atoms with Gasteiger partial charge in [-0.15, -0.1) is 0 Å². The fraction of sp³-hybridized carbons (Fsp3) is 1.00. The third-order valence-electron chi connectivity index (χ3n) is 2.48. The Labute approximate surface area is 100 Å². The molecule has 0 radical (unpaired) electrons. The molecule has 0 fully saturated rings. The zero-order valence-corrected chi connectivity index (χ0v) is 10.4. The first kappa shape index (κ1) is 16.7. The van der Waals surface area contributed by atoms with Crippen LogP contribution >= 0.6 is 0 Å². The van der Waals surface area contributed by atoms with Gasteiger partial charge in [-0.1, -0.05) is 6.92 Å². The molecule has 0 aliphatic carbocycles. The summed E-state index contributed by atoms with van der Waals surface area (Å²) < 4.78 is 40.4. The molecule has 1 unspecified atom stereocenters. The number of alkyl halides is 3. The van der Waals surface area contributed by atoms with Gasteiger partial charge in [-0.3, -0.25) is 0 Å². The number of hydrogen-bond donors (Lipinski definition) is 2. The third kappa shape index (κ3) is 9.38. The predicted octanol–water partition coefficient (Wildman–Crippen LogP) is 2.10. The molecule has 0 aromatic rings. The number of aliphatic hydroxyl groups is 1. The van der Waals surface area contributed by atoms with E-state index in [9.17, 15) is 18.3 Å². The Morgan fingerprint density at radius 2 is 1.76 bits per heavy atom. The van der Waals surface area contributed by atoms with Gasteiger partial charge in [0.25, 0.3) is 0 Å². The number of rotatable bonds is 9. The van der Waals surface area contributed by atoms with Crippen molar-refractivity contribution < 1.29 is 23.0 Å². The summed E-state index contributed by atoms with van der Waals surface area (Å²) >= 11 is 0. The van der Waals surface area contributed by atoms with Gasteiger partial charge in [0.15, 0.2) is 0 Å². The second-order valence-corrected chi connectivity index (χ2v) is 4.37. The summed E-state index contributed by atoms with van der Waals surface area (Å²) in [5.41, 5.74) is -0.478. The number of halogens is 3. The van der Waals surface area contributed by atoms with Gasteiger partial charge < -0.3 is 15.2 Å². The zero-order chi connectivity index (χ0) is 13.4. The van der Waals surface area contributed by atoms with Gasteiger partial charge in [0.05, 0.1) is 19.6 Å². The largest absolute Gasteiger partial charge is 0.394 e. The number of hydrogen-bond acceptors (Lipinski definition) is 3. The zero-order valence-electron chi connectivity index (χ0n) is 10.4. The highest BCUT2D eigenvalue weighted by atomic mass is 19.4. The first-order chi connectivity index (χ1) is 7.83. The van der Waals surface area contributed by atoms with Gasteiger partial charge in [0, 0.05) is 12.1 Å². The van der Waals surface area contributed by atoms with E-state index in [1.165, 1.54) is 0 Å². The van der Waals surface area contributed by atoms with Crippen molar-refractivity contribution in [2.75, 3.05) is 26.4 Å². The maximum absolute atomic E-state index is 11.8. The molecule has 0 saturated heterocycles. The Morgan fingerprint density at radius 3 is 2.24 bits per heavy atom. The molecule has 1 atom stereocenters. The minimum atomic E-state index is -4.17. The maximum Gasteiger partial charge on any atom is 0.391 e. The second-order valence-electron chi connectivity index (χ2n) is 4.37. The van der Waals surface area contributed by atoms with Crippen molar-refractivity contribution in [3.05, 3.63) is 0 Å². The van der Waals surface area contributed by atoms with Crippen LogP contribution in [0.3, 0.4) is 0 Å². The van der Waals surface area contributed by atoms with Crippen LogP contribution in [0.4, 0.5) is 13.2 Å². The maximum atomic E-state index is 11.8. The van der Waals surface area contributed by atoms with Crippen molar-refractivity contribution in [1.29, 1.82) is 0 Å². The first-order valence-electron chi connectivity index (χ1n) is 5.83. The molecule has 3 nitrogen and oxygen atoms in total. The van der Waals surface area contributed by atoms with Crippen LogP contribution in [0, 0.1) is 0 Å². The van der Waals surface area contributed by atoms with Crippen molar-refractivity contribution in [3.8, 4) is 0 Å². The molecule has 0 aliphatic rings. The molecule has 104 valence electrons. The summed E-state index contributed by atoms with van der Waals surface area (Å²) in [6.45, 7) is 4.43. The van der Waals surface area contributed by atoms with Crippen LogP contribution in [-0.4, -0.2) is 43.2 Å². The van der Waals surface area contributed by atoms with Gasteiger partial charge in [0.1, 0.15) is 0 Å². The minimum absolute atomic E-state index is 0.0599. The first-order valence-corrected chi connectivity index (χ1v) is 5.83. The smallest absolute Gasteiger partial charge is 0.391 e. The lowest BCUT2D eigenvalue weighted by Crippen LogP contribution is -2.46. The van der Waals surface area contributed by atoms with Crippen molar-refractivity contribution in [1.82, 2.24) is 5.32 Å². The fourth-order valence-corrected chi connectivity index (χ4v) is 1.24. The molecule has 0 saturated carbocycles. The SMILES string of the molecule is CCCNC(C)(CO)CCOCCC(F)(F)F. The Bertz CT molecular complexity index is 200. The van der Waals surface area contributed by atoms with Gasteiger partial charge in [-0.05, 0) is 26.3 Å². The van der Waals surface area contributed by atoms with Gasteiger partial charge in [0.2, 0.25) is 0 Å². The normalized spacial score (nSPS) is 15.9. The standard InChI is InChI=1S/C11H22F3NO2/c1-3-6-15-10(2,9-16)4-7-17-8-5-11(12,13)14/h15-16H,3-9H2,1-2H3. The van der Waals surface area contributed by atoms with E-state index in [1.807, 2.05) is 13.8 Å². The molecule has 0 aliphatic heterocycles. The average molecular weight is 257 g/mol. The summed E-state index contributed by atoms with van der Waals surface area (Å²) in [6, 6.07) is 0. The van der Waals surface area contributed by atoms with Crippen molar-refractivity contribution in [2.24, 2.45) is 0 Å². The van der Waals surface area contributed by atoms with Crippen molar-refractivity contribution in [3.63, 3.8) is 0 Å². The van der Waals surface area contributed by atoms with E-state index in [0.717, 1.165) is 13.0 Å². The Hall–Kier alpha value is -0.330. The van der Waals surface area contributed by atoms with E-state index in [-0.39, 0.29) is 19.8 Å². The number of nitrogens with one attached hydrogen (secondary N) is 1. The predicted molar refractivity (Wildman–Crippen MR) is 59.9 cm³/mol. The molecule has 0 amide bonds. The lowest BCUT2D eigenvalue weighted by Gasteiger charge is -2.28. The van der Waals surface area contributed by atoms with Crippen molar-refractivity contribution >= 4 is 0 Å². The van der Waals surface area contributed by atoms with Crippen LogP contribution in [0.25, 0.3) is 0 Å². The fourth-order valence-electron chi connectivity index (χ4n) is 1.24. The molecule has 0 aromatic carbocycles. The summed E-state index contributed by atoms with van der Waals surface area (Å²) in [5.74, 6) is 0. The van der Waals surface area contributed by atoms with Crippen LogP contribution in [0.2, 0.25) is 0 Å². The second kappa shape index (κ2) is 7.89. The third-order valence-corrected chi connectivity index (χ3v) is 2.48. The van der Waals surface area contributed by atoms with E-state index in [1.54, 1.807) is 0 Å².